The third kappa shape index (κ3) is 4.86. The van der Waals surface area contributed by atoms with Crippen LogP contribution in [0.25, 0.3) is 22.3 Å². The summed E-state index contributed by atoms with van der Waals surface area (Å²) >= 11 is 0. The van der Waals surface area contributed by atoms with Crippen LogP contribution in [0.4, 0.5) is 0 Å². The van der Waals surface area contributed by atoms with Crippen molar-refractivity contribution in [2.75, 3.05) is 18.1 Å². The quantitative estimate of drug-likeness (QED) is 0.446. The molecule has 8 heteroatoms. The summed E-state index contributed by atoms with van der Waals surface area (Å²) in [6.07, 6.45) is 1.64. The predicted octanol–water partition coefficient (Wildman–Crippen LogP) is 3.31. The van der Waals surface area contributed by atoms with E-state index in [-0.39, 0.29) is 24.0 Å². The Morgan fingerprint density at radius 1 is 1.03 bits per heavy atom. The highest BCUT2D eigenvalue weighted by Crippen LogP contribution is 2.25. The molecule has 0 aliphatic rings. The van der Waals surface area contributed by atoms with Gasteiger partial charge < -0.3 is 5.32 Å². The molecule has 0 unspecified atom stereocenters. The number of hydrogen-bond acceptors (Lipinski definition) is 5. The molecule has 0 radical (unpaired) electrons. The van der Waals surface area contributed by atoms with Crippen LogP contribution >= 0.6 is 0 Å². The van der Waals surface area contributed by atoms with E-state index in [1.54, 1.807) is 23.9 Å². The zero-order valence-electron chi connectivity index (χ0n) is 17.7. The number of carbonyl (C=O) groups excluding carboxylic acids is 1. The molecule has 7 nitrogen and oxygen atoms in total. The summed E-state index contributed by atoms with van der Waals surface area (Å²) in [6.45, 7) is 2.17. The van der Waals surface area contributed by atoms with Gasteiger partial charge in [0.2, 0.25) is 0 Å². The Balaban J connectivity index is 1.73. The van der Waals surface area contributed by atoms with Gasteiger partial charge >= 0.3 is 0 Å². The van der Waals surface area contributed by atoms with Crippen molar-refractivity contribution in [3.05, 3.63) is 84.1 Å². The first-order valence-electron chi connectivity index (χ1n) is 10.4. The van der Waals surface area contributed by atoms with Gasteiger partial charge in [0.15, 0.2) is 15.5 Å². The van der Waals surface area contributed by atoms with Crippen molar-refractivity contribution in [2.24, 2.45) is 0 Å². The Labute approximate surface area is 187 Å². The summed E-state index contributed by atoms with van der Waals surface area (Å²) < 4.78 is 25.3. The number of sulfone groups is 1. The minimum Gasteiger partial charge on any atom is -0.351 e. The zero-order chi connectivity index (χ0) is 22.6. The molecule has 2 aromatic heterocycles. The molecule has 0 bridgehead atoms. The highest BCUT2D eigenvalue weighted by Gasteiger charge is 2.18. The number of carbonyl (C=O) groups is 1. The molecule has 0 saturated carbocycles. The summed E-state index contributed by atoms with van der Waals surface area (Å²) in [5.41, 5.74) is 3.62. The molecule has 0 spiro atoms. The average molecular weight is 449 g/mol. The van der Waals surface area contributed by atoms with Crippen molar-refractivity contribution >= 4 is 26.8 Å². The Morgan fingerprint density at radius 2 is 1.72 bits per heavy atom. The maximum absolute atomic E-state index is 13.0. The van der Waals surface area contributed by atoms with Crippen LogP contribution in [0, 0.1) is 0 Å². The monoisotopic (exact) mass is 448 g/mol. The van der Waals surface area contributed by atoms with Crippen LogP contribution in [0.1, 0.15) is 22.8 Å². The SMILES string of the molecule is CCS(=O)(=O)CCNC(=O)c1cc(-c2ccccc2)nc2c1cnn2Cc1ccccc1. The lowest BCUT2D eigenvalue weighted by atomic mass is 10.1. The number of rotatable bonds is 8. The van der Waals surface area contributed by atoms with Gasteiger partial charge in [-0.1, -0.05) is 67.6 Å². The molecule has 0 fully saturated rings. The summed E-state index contributed by atoms with van der Waals surface area (Å²) in [5, 5.41) is 7.84. The Morgan fingerprint density at radius 3 is 2.41 bits per heavy atom. The fourth-order valence-electron chi connectivity index (χ4n) is 3.42. The maximum atomic E-state index is 13.0. The first-order valence-corrected chi connectivity index (χ1v) is 12.2. The molecular weight excluding hydrogens is 424 g/mol. The van der Waals surface area contributed by atoms with E-state index in [1.165, 1.54) is 0 Å². The second kappa shape index (κ2) is 9.32. The van der Waals surface area contributed by atoms with Crippen LogP contribution in [0.15, 0.2) is 72.9 Å². The number of pyridine rings is 1. The number of nitrogens with zero attached hydrogens (tertiary/aromatic N) is 3. The molecule has 0 aliphatic carbocycles. The van der Waals surface area contributed by atoms with E-state index in [9.17, 15) is 13.2 Å². The van der Waals surface area contributed by atoms with Crippen molar-refractivity contribution < 1.29 is 13.2 Å². The van der Waals surface area contributed by atoms with Gasteiger partial charge in [-0.15, -0.1) is 0 Å². The smallest absolute Gasteiger partial charge is 0.252 e. The molecular formula is C24H24N4O3S. The van der Waals surface area contributed by atoms with E-state index in [1.807, 2.05) is 60.7 Å². The normalized spacial score (nSPS) is 11.5. The molecule has 1 N–H and O–H groups in total. The first-order chi connectivity index (χ1) is 15.5. The number of aromatic nitrogens is 3. The van der Waals surface area contributed by atoms with E-state index < -0.39 is 9.84 Å². The summed E-state index contributed by atoms with van der Waals surface area (Å²) in [6, 6.07) is 21.3. The highest BCUT2D eigenvalue weighted by molar-refractivity contribution is 7.91. The largest absolute Gasteiger partial charge is 0.351 e. The molecule has 2 heterocycles. The average Bonchev–Trinajstić information content (AvgIpc) is 3.22. The highest BCUT2D eigenvalue weighted by atomic mass is 32.2. The van der Waals surface area contributed by atoms with Gasteiger partial charge in [-0.05, 0) is 11.6 Å². The predicted molar refractivity (Wildman–Crippen MR) is 125 cm³/mol. The topological polar surface area (TPSA) is 93.9 Å². The Hall–Kier alpha value is -3.52. The van der Waals surface area contributed by atoms with Gasteiger partial charge in [0.25, 0.3) is 5.91 Å². The van der Waals surface area contributed by atoms with Gasteiger partial charge in [0, 0.05) is 17.9 Å². The summed E-state index contributed by atoms with van der Waals surface area (Å²) in [7, 11) is -3.17. The third-order valence-electron chi connectivity index (χ3n) is 5.24. The lowest BCUT2D eigenvalue weighted by Crippen LogP contribution is -2.29. The molecule has 0 saturated heterocycles. The van der Waals surface area contributed by atoms with Gasteiger partial charge in [0.05, 0.1) is 35.1 Å². The molecule has 0 aliphatic heterocycles. The second-order valence-electron chi connectivity index (χ2n) is 7.44. The minimum atomic E-state index is -3.17. The number of hydrogen-bond donors (Lipinski definition) is 1. The Kier molecular flexibility index (Phi) is 6.32. The van der Waals surface area contributed by atoms with Crippen LogP contribution in [0.5, 0.6) is 0 Å². The fourth-order valence-corrected chi connectivity index (χ4v) is 4.13. The van der Waals surface area contributed by atoms with Crippen molar-refractivity contribution in [3.63, 3.8) is 0 Å². The fraction of sp³-hybridized carbons (Fsp3) is 0.208. The van der Waals surface area contributed by atoms with Crippen LogP contribution in [-0.4, -0.2) is 47.1 Å². The number of nitrogens with one attached hydrogen (secondary N) is 1. The summed E-state index contributed by atoms with van der Waals surface area (Å²) in [5.74, 6) is -0.394. The van der Waals surface area contributed by atoms with Crippen LogP contribution in [-0.2, 0) is 16.4 Å². The van der Waals surface area contributed by atoms with Gasteiger partial charge in [-0.3, -0.25) is 4.79 Å². The van der Waals surface area contributed by atoms with Crippen molar-refractivity contribution in [1.29, 1.82) is 0 Å². The van der Waals surface area contributed by atoms with Crippen molar-refractivity contribution in [3.8, 4) is 11.3 Å². The Bertz CT molecular complexity index is 1330. The molecule has 0 atom stereocenters. The number of benzene rings is 2. The van der Waals surface area contributed by atoms with Gasteiger partial charge in [-0.2, -0.15) is 5.10 Å². The molecule has 164 valence electrons. The minimum absolute atomic E-state index is 0.0484. The number of fused-ring (bicyclic) bond motifs is 1. The van der Waals surface area contributed by atoms with Crippen LogP contribution in [0.2, 0.25) is 0 Å². The lowest BCUT2D eigenvalue weighted by Gasteiger charge is -2.10. The molecule has 4 aromatic rings. The van der Waals surface area contributed by atoms with E-state index in [2.05, 4.69) is 10.4 Å². The lowest BCUT2D eigenvalue weighted by molar-refractivity contribution is 0.0957. The maximum Gasteiger partial charge on any atom is 0.252 e. The van der Waals surface area contributed by atoms with Gasteiger partial charge in [-0.25, -0.2) is 18.1 Å². The molecule has 2 aromatic carbocycles. The van der Waals surface area contributed by atoms with E-state index in [0.717, 1.165) is 11.1 Å². The van der Waals surface area contributed by atoms with Crippen molar-refractivity contribution in [1.82, 2.24) is 20.1 Å². The molecule has 4 rings (SSSR count). The zero-order valence-corrected chi connectivity index (χ0v) is 18.5. The standard InChI is InChI=1S/C24H24N4O3S/c1-2-32(30,31)14-13-25-24(29)20-15-22(19-11-7-4-8-12-19)27-23-21(20)16-26-28(23)17-18-9-5-3-6-10-18/h3-12,15-16H,2,13-14,17H2,1H3,(H,25,29). The first kappa shape index (κ1) is 21.7. The molecule has 1 amide bonds. The third-order valence-corrected chi connectivity index (χ3v) is 6.94. The van der Waals surface area contributed by atoms with E-state index in [4.69, 9.17) is 4.98 Å². The van der Waals surface area contributed by atoms with Crippen LogP contribution < -0.4 is 5.32 Å². The van der Waals surface area contributed by atoms with Crippen LogP contribution in [0.3, 0.4) is 0 Å². The van der Waals surface area contributed by atoms with Gasteiger partial charge in [0.1, 0.15) is 0 Å². The van der Waals surface area contributed by atoms with Crippen molar-refractivity contribution in [2.45, 2.75) is 13.5 Å². The second-order valence-corrected chi connectivity index (χ2v) is 9.91. The summed E-state index contributed by atoms with van der Waals surface area (Å²) in [4.78, 5) is 17.8. The van der Waals surface area contributed by atoms with E-state index in [0.29, 0.717) is 28.8 Å². The number of amides is 1. The van der Waals surface area contributed by atoms with E-state index >= 15 is 0 Å². The molecule has 32 heavy (non-hydrogen) atoms.